The fraction of sp³-hybridized carbons (Fsp3) is 0.364. The Morgan fingerprint density at radius 2 is 1.83 bits per heavy atom. The highest BCUT2D eigenvalue weighted by Crippen LogP contribution is 2.40. The van der Waals surface area contributed by atoms with Gasteiger partial charge in [0.25, 0.3) is 11.8 Å². The second-order valence-electron chi connectivity index (χ2n) is 7.24. The highest BCUT2D eigenvalue weighted by atomic mass is 32.1. The van der Waals surface area contributed by atoms with Crippen molar-refractivity contribution < 1.29 is 14.3 Å². The number of thiophene rings is 1. The Bertz CT molecular complexity index is 960. The van der Waals surface area contributed by atoms with Crippen LogP contribution >= 0.6 is 11.3 Å². The van der Waals surface area contributed by atoms with E-state index in [2.05, 4.69) is 16.7 Å². The molecule has 3 heterocycles. The number of hydrogen-bond acceptors (Lipinski definition) is 6. The third kappa shape index (κ3) is 3.45. The van der Waals surface area contributed by atoms with Crippen LogP contribution in [0.3, 0.4) is 0 Å². The largest absolute Gasteiger partial charge is 0.495 e. The minimum absolute atomic E-state index is 0.271. The molecule has 7 heteroatoms. The van der Waals surface area contributed by atoms with Crippen LogP contribution in [0.25, 0.3) is 5.57 Å². The lowest BCUT2D eigenvalue weighted by atomic mass is 10.1. The van der Waals surface area contributed by atoms with Gasteiger partial charge in [-0.2, -0.15) is 0 Å². The smallest absolute Gasteiger partial charge is 0.282 e. The molecule has 0 saturated carbocycles. The van der Waals surface area contributed by atoms with Gasteiger partial charge in [-0.15, -0.1) is 11.3 Å². The molecular weight excluding hydrogens is 386 g/mol. The molecule has 29 heavy (non-hydrogen) atoms. The highest BCUT2D eigenvalue weighted by Gasteiger charge is 2.44. The number of amides is 2. The molecule has 4 rings (SSSR count). The molecule has 152 valence electrons. The van der Waals surface area contributed by atoms with Gasteiger partial charge in [0.15, 0.2) is 0 Å². The first-order valence-electron chi connectivity index (χ1n) is 9.84. The Kier molecular flexibility index (Phi) is 5.43. The van der Waals surface area contributed by atoms with E-state index in [1.807, 2.05) is 36.6 Å². The van der Waals surface area contributed by atoms with Crippen molar-refractivity contribution in [1.82, 2.24) is 9.80 Å². The van der Waals surface area contributed by atoms with Crippen LogP contribution in [0.4, 0.5) is 5.69 Å². The summed E-state index contributed by atoms with van der Waals surface area (Å²) in [6, 6.07) is 9.36. The van der Waals surface area contributed by atoms with Crippen LogP contribution in [-0.2, 0) is 9.59 Å². The Balaban J connectivity index is 1.78. The number of aryl methyl sites for hydroxylation is 1. The molecule has 0 atom stereocenters. The highest BCUT2D eigenvalue weighted by molar-refractivity contribution is 7.11. The summed E-state index contributed by atoms with van der Waals surface area (Å²) >= 11 is 1.48. The normalized spacial score (nSPS) is 18.2. The van der Waals surface area contributed by atoms with Gasteiger partial charge in [-0.1, -0.05) is 19.1 Å². The van der Waals surface area contributed by atoms with E-state index in [4.69, 9.17) is 4.74 Å². The third-order valence-corrected chi connectivity index (χ3v) is 6.43. The van der Waals surface area contributed by atoms with Gasteiger partial charge in [0, 0.05) is 31.1 Å². The first kappa shape index (κ1) is 19.7. The Morgan fingerprint density at radius 3 is 2.45 bits per heavy atom. The van der Waals surface area contributed by atoms with Gasteiger partial charge in [-0.3, -0.25) is 9.59 Å². The van der Waals surface area contributed by atoms with Crippen LogP contribution in [0.15, 0.2) is 41.4 Å². The zero-order valence-corrected chi connectivity index (χ0v) is 17.8. The molecule has 2 aliphatic heterocycles. The van der Waals surface area contributed by atoms with Crippen LogP contribution in [0.1, 0.15) is 17.4 Å². The lowest BCUT2D eigenvalue weighted by molar-refractivity contribution is -0.120. The number of methoxy groups -OCH3 is 1. The Hall–Kier alpha value is -2.64. The maximum atomic E-state index is 13.6. The first-order chi connectivity index (χ1) is 14.0. The summed E-state index contributed by atoms with van der Waals surface area (Å²) in [6.45, 7) is 8.30. The number of rotatable bonds is 5. The molecule has 0 radical (unpaired) electrons. The molecule has 2 amide bonds. The van der Waals surface area contributed by atoms with Crippen molar-refractivity contribution in [1.29, 1.82) is 0 Å². The molecular formula is C22H25N3O3S. The molecule has 2 aromatic rings. The van der Waals surface area contributed by atoms with E-state index < -0.39 is 0 Å². The van der Waals surface area contributed by atoms with Gasteiger partial charge in [-0.05, 0) is 42.6 Å². The molecule has 0 unspecified atom stereocenters. The monoisotopic (exact) mass is 411 g/mol. The predicted octanol–water partition coefficient (Wildman–Crippen LogP) is 2.99. The summed E-state index contributed by atoms with van der Waals surface area (Å²) < 4.78 is 5.46. The zero-order chi connectivity index (χ0) is 20.5. The van der Waals surface area contributed by atoms with E-state index in [9.17, 15) is 9.59 Å². The van der Waals surface area contributed by atoms with Gasteiger partial charge >= 0.3 is 0 Å². The second-order valence-corrected chi connectivity index (χ2v) is 8.19. The molecule has 1 aromatic heterocycles. The van der Waals surface area contributed by atoms with Crippen LogP contribution in [0, 0.1) is 6.92 Å². The maximum Gasteiger partial charge on any atom is 0.282 e. The number of hydrogen-bond donors (Lipinski definition) is 0. The van der Waals surface area contributed by atoms with E-state index in [1.165, 1.54) is 16.2 Å². The predicted molar refractivity (Wildman–Crippen MR) is 115 cm³/mol. The quantitative estimate of drug-likeness (QED) is 0.708. The van der Waals surface area contributed by atoms with Gasteiger partial charge in [0.1, 0.15) is 11.4 Å². The minimum Gasteiger partial charge on any atom is -0.495 e. The van der Waals surface area contributed by atoms with Gasteiger partial charge in [-0.25, -0.2) is 4.90 Å². The lowest BCUT2D eigenvalue weighted by Crippen LogP contribution is -2.47. The number of carbonyl (C=O) groups is 2. The number of ether oxygens (including phenoxy) is 1. The Morgan fingerprint density at radius 1 is 1.07 bits per heavy atom. The van der Waals surface area contributed by atoms with Crippen molar-refractivity contribution in [3.63, 3.8) is 0 Å². The minimum atomic E-state index is -0.283. The van der Waals surface area contributed by atoms with Crippen molar-refractivity contribution in [2.75, 3.05) is 44.7 Å². The standard InChI is InChI=1S/C22H25N3O3S/c1-4-23-9-11-24(12-10-23)20-19(18-6-5-13-29-18)21(26)25(22(20)27)16-14-15(2)7-8-17(16)28-3/h5-8,13-14H,4,9-12H2,1-3H3. The molecule has 1 saturated heterocycles. The summed E-state index contributed by atoms with van der Waals surface area (Å²) in [5.41, 5.74) is 2.47. The first-order valence-corrected chi connectivity index (χ1v) is 10.7. The third-order valence-electron chi connectivity index (χ3n) is 5.54. The van der Waals surface area contributed by atoms with Crippen molar-refractivity contribution >= 4 is 34.4 Å². The van der Waals surface area contributed by atoms with E-state index >= 15 is 0 Å². The van der Waals surface area contributed by atoms with Crippen molar-refractivity contribution in [2.24, 2.45) is 0 Å². The van der Waals surface area contributed by atoms with Crippen LogP contribution in [0.5, 0.6) is 5.75 Å². The summed E-state index contributed by atoms with van der Waals surface area (Å²) in [7, 11) is 1.55. The topological polar surface area (TPSA) is 53.1 Å². The number of piperazine rings is 1. The zero-order valence-electron chi connectivity index (χ0n) is 17.0. The number of benzene rings is 1. The fourth-order valence-electron chi connectivity index (χ4n) is 3.94. The average Bonchev–Trinajstić information content (AvgIpc) is 3.34. The number of carbonyl (C=O) groups excluding carboxylic acids is 2. The summed E-state index contributed by atoms with van der Waals surface area (Å²) in [5, 5.41) is 1.93. The summed E-state index contributed by atoms with van der Waals surface area (Å²) in [5.74, 6) is -0.0404. The molecule has 0 bridgehead atoms. The SMILES string of the molecule is CCN1CCN(C2=C(c3cccs3)C(=O)N(c3cc(C)ccc3OC)C2=O)CC1. The van der Waals surface area contributed by atoms with Crippen molar-refractivity contribution in [3.05, 3.63) is 51.8 Å². The van der Waals surface area contributed by atoms with Gasteiger partial charge in [0.2, 0.25) is 0 Å². The number of imide groups is 1. The van der Waals surface area contributed by atoms with E-state index in [0.717, 1.165) is 43.2 Å². The number of anilines is 1. The molecule has 0 aliphatic carbocycles. The van der Waals surface area contributed by atoms with E-state index in [1.54, 1.807) is 13.2 Å². The van der Waals surface area contributed by atoms with Crippen molar-refractivity contribution in [3.8, 4) is 5.75 Å². The van der Waals surface area contributed by atoms with E-state index in [-0.39, 0.29) is 11.8 Å². The maximum absolute atomic E-state index is 13.6. The average molecular weight is 412 g/mol. The molecule has 0 N–H and O–H groups in total. The molecule has 6 nitrogen and oxygen atoms in total. The molecule has 1 fully saturated rings. The van der Waals surface area contributed by atoms with Crippen molar-refractivity contribution in [2.45, 2.75) is 13.8 Å². The lowest BCUT2D eigenvalue weighted by Gasteiger charge is -2.35. The molecule has 1 aromatic carbocycles. The van der Waals surface area contributed by atoms with Crippen LogP contribution in [-0.4, -0.2) is 61.4 Å². The Labute approximate surface area is 175 Å². The fourth-order valence-corrected chi connectivity index (χ4v) is 4.70. The second kappa shape index (κ2) is 8.00. The van der Waals surface area contributed by atoms with Gasteiger partial charge in [0.05, 0.1) is 18.4 Å². The van der Waals surface area contributed by atoms with Gasteiger partial charge < -0.3 is 14.5 Å². The molecule has 2 aliphatic rings. The molecule has 0 spiro atoms. The number of likely N-dealkylation sites (N-methyl/N-ethyl adjacent to an activating group) is 1. The van der Waals surface area contributed by atoms with Crippen LogP contribution < -0.4 is 9.64 Å². The summed E-state index contributed by atoms with van der Waals surface area (Å²) in [6.07, 6.45) is 0. The summed E-state index contributed by atoms with van der Waals surface area (Å²) in [4.78, 5) is 33.7. The van der Waals surface area contributed by atoms with Crippen LogP contribution in [0.2, 0.25) is 0 Å². The number of nitrogens with zero attached hydrogens (tertiary/aromatic N) is 3. The van der Waals surface area contributed by atoms with E-state index in [0.29, 0.717) is 22.7 Å².